The highest BCUT2D eigenvalue weighted by Crippen LogP contribution is 2.38. The van der Waals surface area contributed by atoms with Gasteiger partial charge in [0.05, 0.1) is 24.6 Å². The minimum absolute atomic E-state index is 0. The largest absolute Gasteiger partial charge is 0.476 e. The van der Waals surface area contributed by atoms with Crippen LogP contribution in [0.2, 0.25) is 0 Å². The van der Waals surface area contributed by atoms with Crippen LogP contribution in [-0.2, 0) is 14.1 Å². The van der Waals surface area contributed by atoms with E-state index in [0.29, 0.717) is 13.2 Å². The summed E-state index contributed by atoms with van der Waals surface area (Å²) < 4.78 is 11.0. The molecule has 2 aliphatic heterocycles. The number of nitrogens with one attached hydrogen (secondary N) is 1. The Morgan fingerprint density at radius 2 is 2.18 bits per heavy atom. The quantitative estimate of drug-likeness (QED) is 0.706. The first-order valence-corrected chi connectivity index (χ1v) is 5.97. The molecule has 3 N–H and O–H groups in total. The predicted octanol–water partition coefficient (Wildman–Crippen LogP) is 0.116. The van der Waals surface area contributed by atoms with Gasteiger partial charge in [-0.25, -0.2) is 0 Å². The first kappa shape index (κ1) is 14.8. The van der Waals surface area contributed by atoms with Gasteiger partial charge in [0.2, 0.25) is 5.91 Å². The molecule has 5 nitrogen and oxygen atoms in total. The molecule has 0 radical (unpaired) electrons. The summed E-state index contributed by atoms with van der Waals surface area (Å²) in [4.78, 5) is 11.8. The molecule has 0 saturated carbocycles. The molecule has 98 valence electrons. The monoisotopic (exact) mass is 262 g/mol. The Morgan fingerprint density at radius 1 is 1.53 bits per heavy atom. The molecule has 0 spiro atoms. The molecule has 2 atom stereocenters. The van der Waals surface area contributed by atoms with Crippen molar-refractivity contribution in [3.05, 3.63) is 0 Å². The zero-order valence-electron chi connectivity index (χ0n) is 10.1. The van der Waals surface area contributed by atoms with Gasteiger partial charge < -0.3 is 20.4 Å². The van der Waals surface area contributed by atoms with Crippen LogP contribution >= 0.6 is 12.4 Å². The van der Waals surface area contributed by atoms with Crippen LogP contribution in [0.25, 0.3) is 0 Å². The lowest BCUT2D eigenvalue weighted by atomic mass is 9.61. The number of carbonyl (C=O) groups is 1. The van der Waals surface area contributed by atoms with Crippen molar-refractivity contribution in [3.8, 4) is 0 Å². The van der Waals surface area contributed by atoms with Crippen molar-refractivity contribution in [1.29, 1.82) is 0 Å². The summed E-state index contributed by atoms with van der Waals surface area (Å²) in [6.45, 7) is 4.07. The fourth-order valence-electron chi connectivity index (χ4n) is 2.85. The Bertz CT molecular complexity index is 276. The van der Waals surface area contributed by atoms with Gasteiger partial charge in [-0.05, 0) is 19.4 Å². The van der Waals surface area contributed by atoms with Gasteiger partial charge in [-0.3, -0.25) is 4.79 Å². The number of nitrogens with two attached hydrogens (primary N) is 1. The van der Waals surface area contributed by atoms with E-state index in [1.807, 2.05) is 0 Å². The van der Waals surface area contributed by atoms with Gasteiger partial charge in [0.25, 0.3) is 0 Å². The molecule has 0 aliphatic carbocycles. The molecule has 17 heavy (non-hydrogen) atoms. The lowest BCUT2D eigenvalue weighted by Crippen LogP contribution is -2.55. The normalized spacial score (nSPS) is 32.5. The molecule has 2 aliphatic rings. The molecular weight excluding hydrogens is 242 g/mol. The van der Waals surface area contributed by atoms with Gasteiger partial charge in [-0.1, -0.05) is 13.3 Å². The van der Waals surface area contributed by atoms with E-state index in [4.69, 9.17) is 15.0 Å². The zero-order valence-corrected chi connectivity index (χ0v) is 10.9. The number of amides is 1. The third-order valence-electron chi connectivity index (χ3n) is 3.64. The van der Waals surface area contributed by atoms with Crippen LogP contribution in [0.1, 0.15) is 26.2 Å². The molecule has 2 rings (SSSR count). The molecule has 7 heteroatoms. The molecule has 0 bridgehead atoms. The maximum Gasteiger partial charge on any atom is 0.476 e. The van der Waals surface area contributed by atoms with Gasteiger partial charge in [-0.2, -0.15) is 0 Å². The van der Waals surface area contributed by atoms with Gasteiger partial charge in [0.15, 0.2) is 0 Å². The number of rotatable bonds is 4. The first-order valence-electron chi connectivity index (χ1n) is 5.97. The maximum atomic E-state index is 11.8. The standard InChI is InChI=1S/C10H19BN2O3.ClH/c1-2-3-10(9(12)14)4-5-13-8(10)11-15-6-7-16-11;/h8,13H,2-7H2,1H3,(H2,12,14);1H. The third kappa shape index (κ3) is 2.60. The Kier molecular flexibility index (Phi) is 5.25. The van der Waals surface area contributed by atoms with Crippen LogP contribution in [0, 0.1) is 5.41 Å². The van der Waals surface area contributed by atoms with Crippen LogP contribution in [0.3, 0.4) is 0 Å². The molecular formula is C10H20BClN2O3. The molecule has 2 unspecified atom stereocenters. The van der Waals surface area contributed by atoms with E-state index in [-0.39, 0.29) is 31.4 Å². The van der Waals surface area contributed by atoms with E-state index < -0.39 is 5.41 Å². The highest BCUT2D eigenvalue weighted by molar-refractivity contribution is 6.48. The first-order chi connectivity index (χ1) is 7.70. The minimum atomic E-state index is -0.496. The smallest absolute Gasteiger partial charge is 0.408 e. The Hall–Kier alpha value is -0.295. The number of halogens is 1. The summed E-state index contributed by atoms with van der Waals surface area (Å²) >= 11 is 0. The van der Waals surface area contributed by atoms with E-state index in [0.717, 1.165) is 25.8 Å². The van der Waals surface area contributed by atoms with E-state index in [9.17, 15) is 4.79 Å². The van der Waals surface area contributed by atoms with Crippen molar-refractivity contribution in [3.63, 3.8) is 0 Å². The number of primary amides is 1. The Balaban J connectivity index is 0.00000144. The second-order valence-corrected chi connectivity index (χ2v) is 4.56. The Morgan fingerprint density at radius 3 is 2.71 bits per heavy atom. The van der Waals surface area contributed by atoms with Crippen molar-refractivity contribution in [2.24, 2.45) is 11.1 Å². The summed E-state index contributed by atoms with van der Waals surface area (Å²) in [7, 11) is -0.318. The van der Waals surface area contributed by atoms with Gasteiger partial charge >= 0.3 is 7.12 Å². The number of carbonyl (C=O) groups excluding carboxylic acids is 1. The molecule has 0 aromatic heterocycles. The summed E-state index contributed by atoms with van der Waals surface area (Å²) in [5.74, 6) is -0.323. The summed E-state index contributed by atoms with van der Waals surface area (Å²) in [6, 6.07) is 0. The number of hydrogen-bond acceptors (Lipinski definition) is 4. The van der Waals surface area contributed by atoms with Gasteiger partial charge in [-0.15, -0.1) is 12.4 Å². The molecule has 0 aromatic carbocycles. The molecule has 2 heterocycles. The van der Waals surface area contributed by atoms with Crippen molar-refractivity contribution in [1.82, 2.24) is 5.32 Å². The van der Waals surface area contributed by atoms with E-state index in [2.05, 4.69) is 12.2 Å². The maximum absolute atomic E-state index is 11.8. The van der Waals surface area contributed by atoms with Gasteiger partial charge in [0.1, 0.15) is 0 Å². The minimum Gasteiger partial charge on any atom is -0.408 e. The third-order valence-corrected chi connectivity index (χ3v) is 3.64. The van der Waals surface area contributed by atoms with E-state index >= 15 is 0 Å². The Labute approximate surface area is 108 Å². The van der Waals surface area contributed by atoms with Gasteiger partial charge in [0, 0.05) is 0 Å². The fraction of sp³-hybridized carbons (Fsp3) is 0.900. The molecule has 1 amide bonds. The average molecular weight is 263 g/mol. The fourth-order valence-corrected chi connectivity index (χ4v) is 2.85. The van der Waals surface area contributed by atoms with Crippen LogP contribution < -0.4 is 11.1 Å². The lowest BCUT2D eigenvalue weighted by molar-refractivity contribution is -0.128. The van der Waals surface area contributed by atoms with Crippen LogP contribution in [-0.4, -0.2) is 38.7 Å². The van der Waals surface area contributed by atoms with Crippen molar-refractivity contribution < 1.29 is 14.1 Å². The lowest BCUT2D eigenvalue weighted by Gasteiger charge is -2.32. The predicted molar refractivity (Wildman–Crippen MR) is 67.8 cm³/mol. The van der Waals surface area contributed by atoms with Crippen molar-refractivity contribution in [2.45, 2.75) is 32.1 Å². The summed E-state index contributed by atoms with van der Waals surface area (Å²) in [6.07, 6.45) is 2.52. The van der Waals surface area contributed by atoms with Crippen LogP contribution in [0.5, 0.6) is 0 Å². The molecule has 0 aromatic rings. The van der Waals surface area contributed by atoms with Crippen LogP contribution in [0.4, 0.5) is 0 Å². The highest BCUT2D eigenvalue weighted by Gasteiger charge is 2.54. The molecule has 2 saturated heterocycles. The van der Waals surface area contributed by atoms with Crippen molar-refractivity contribution in [2.75, 3.05) is 19.8 Å². The molecule has 2 fully saturated rings. The highest BCUT2D eigenvalue weighted by atomic mass is 35.5. The SMILES string of the molecule is CCCC1(C(N)=O)CCNC1B1OCCO1.Cl. The van der Waals surface area contributed by atoms with E-state index in [1.165, 1.54) is 0 Å². The second kappa shape index (κ2) is 6.04. The number of hydrogen-bond donors (Lipinski definition) is 2. The summed E-state index contributed by atoms with van der Waals surface area (Å²) in [5, 5.41) is 3.30. The van der Waals surface area contributed by atoms with Crippen LogP contribution in [0.15, 0.2) is 0 Å². The van der Waals surface area contributed by atoms with Crippen molar-refractivity contribution >= 4 is 25.4 Å². The zero-order chi connectivity index (χ0) is 11.6. The topological polar surface area (TPSA) is 73.6 Å². The van der Waals surface area contributed by atoms with E-state index in [1.54, 1.807) is 0 Å². The summed E-state index contributed by atoms with van der Waals surface area (Å²) in [5.41, 5.74) is 5.09. The average Bonchev–Trinajstić information content (AvgIpc) is 2.85. The second-order valence-electron chi connectivity index (χ2n) is 4.56.